The van der Waals surface area contributed by atoms with Gasteiger partial charge in [0, 0.05) is 29.0 Å². The molecule has 1 heterocycles. The highest BCUT2D eigenvalue weighted by Gasteiger charge is 2.29. The van der Waals surface area contributed by atoms with Crippen molar-refractivity contribution in [3.05, 3.63) is 46.4 Å². The number of halogens is 2. The molecule has 2 aromatic carbocycles. The molecule has 2 aromatic rings. The highest BCUT2D eigenvalue weighted by Crippen LogP contribution is 2.38. The number of carbonyl (C=O) groups is 3. The van der Waals surface area contributed by atoms with Crippen LogP contribution >= 0.6 is 35.0 Å². The largest absolute Gasteiger partial charge is 0.326 e. The number of anilines is 3. The monoisotopic (exact) mass is 423 g/mol. The number of thioether (sulfide) groups is 1. The fourth-order valence-corrected chi connectivity index (χ4v) is 3.96. The van der Waals surface area contributed by atoms with E-state index in [0.29, 0.717) is 27.1 Å². The highest BCUT2D eigenvalue weighted by molar-refractivity contribution is 8.01. The van der Waals surface area contributed by atoms with Gasteiger partial charge in [0.2, 0.25) is 17.7 Å². The van der Waals surface area contributed by atoms with Gasteiger partial charge in [0.15, 0.2) is 0 Å². The average Bonchev–Trinajstić information content (AvgIpc) is 2.58. The van der Waals surface area contributed by atoms with E-state index in [1.54, 1.807) is 36.4 Å². The van der Waals surface area contributed by atoms with Crippen LogP contribution in [0.25, 0.3) is 0 Å². The van der Waals surface area contributed by atoms with Crippen LogP contribution in [0.2, 0.25) is 10.0 Å². The van der Waals surface area contributed by atoms with Crippen molar-refractivity contribution in [2.75, 3.05) is 16.0 Å². The second-order valence-electron chi connectivity index (χ2n) is 5.86. The molecule has 140 valence electrons. The summed E-state index contributed by atoms with van der Waals surface area (Å²) < 4.78 is 0. The van der Waals surface area contributed by atoms with Crippen LogP contribution in [0, 0.1) is 0 Å². The summed E-state index contributed by atoms with van der Waals surface area (Å²) in [7, 11) is 0. The van der Waals surface area contributed by atoms with Crippen molar-refractivity contribution in [1.29, 1.82) is 0 Å². The quantitative estimate of drug-likeness (QED) is 0.679. The molecule has 0 aromatic heterocycles. The molecule has 1 aliphatic heterocycles. The molecule has 3 N–H and O–H groups in total. The molecule has 3 amide bonds. The van der Waals surface area contributed by atoms with E-state index in [4.69, 9.17) is 23.2 Å². The summed E-state index contributed by atoms with van der Waals surface area (Å²) in [6, 6.07) is 9.98. The van der Waals surface area contributed by atoms with Gasteiger partial charge in [0.1, 0.15) is 0 Å². The van der Waals surface area contributed by atoms with Gasteiger partial charge in [0.25, 0.3) is 0 Å². The van der Waals surface area contributed by atoms with E-state index < -0.39 is 5.25 Å². The molecular weight excluding hydrogens is 409 g/mol. The number of hydrogen-bond acceptors (Lipinski definition) is 4. The van der Waals surface area contributed by atoms with Gasteiger partial charge in [-0.3, -0.25) is 14.4 Å². The van der Waals surface area contributed by atoms with Gasteiger partial charge >= 0.3 is 0 Å². The Balaban J connectivity index is 1.68. The lowest BCUT2D eigenvalue weighted by molar-refractivity contribution is -0.120. The van der Waals surface area contributed by atoms with Gasteiger partial charge in [-0.1, -0.05) is 23.2 Å². The Morgan fingerprint density at radius 2 is 1.93 bits per heavy atom. The minimum atomic E-state index is -0.573. The molecule has 0 saturated carbocycles. The number of nitrogens with one attached hydrogen (secondary N) is 3. The smallest absolute Gasteiger partial charge is 0.238 e. The van der Waals surface area contributed by atoms with Crippen molar-refractivity contribution in [2.24, 2.45) is 0 Å². The number of fused-ring (bicyclic) bond motifs is 1. The Morgan fingerprint density at radius 3 is 2.67 bits per heavy atom. The zero-order chi connectivity index (χ0) is 19.6. The molecule has 1 atom stereocenters. The molecule has 6 nitrogen and oxygen atoms in total. The van der Waals surface area contributed by atoms with Crippen LogP contribution in [0.4, 0.5) is 17.1 Å². The normalized spacial score (nSPS) is 15.5. The van der Waals surface area contributed by atoms with E-state index in [1.807, 2.05) is 0 Å². The van der Waals surface area contributed by atoms with E-state index in [9.17, 15) is 14.4 Å². The Bertz CT molecular complexity index is 936. The first-order valence-electron chi connectivity index (χ1n) is 7.96. The van der Waals surface area contributed by atoms with Crippen LogP contribution in [-0.2, 0) is 14.4 Å². The third-order valence-electron chi connectivity index (χ3n) is 3.69. The summed E-state index contributed by atoms with van der Waals surface area (Å²) in [5.41, 5.74) is 1.51. The molecule has 0 bridgehead atoms. The summed E-state index contributed by atoms with van der Waals surface area (Å²) in [6.07, 6.45) is -0.0285. The first-order chi connectivity index (χ1) is 12.8. The lowest BCUT2D eigenvalue weighted by Gasteiger charge is -2.24. The Labute approximate surface area is 170 Å². The van der Waals surface area contributed by atoms with E-state index in [1.165, 1.54) is 18.7 Å². The molecule has 0 radical (unpaired) electrons. The summed E-state index contributed by atoms with van der Waals surface area (Å²) in [5, 5.41) is 8.36. The van der Waals surface area contributed by atoms with Crippen LogP contribution in [-0.4, -0.2) is 23.0 Å². The van der Waals surface area contributed by atoms with Gasteiger partial charge in [-0.05, 0) is 36.4 Å². The zero-order valence-electron chi connectivity index (χ0n) is 14.1. The number of benzene rings is 2. The molecule has 27 heavy (non-hydrogen) atoms. The second-order valence-corrected chi connectivity index (χ2v) is 7.95. The third kappa shape index (κ3) is 4.94. The Kier molecular flexibility index (Phi) is 5.94. The standard InChI is InChI=1S/C18H15Cl2N3O3S/c1-9(24)21-11-3-4-12(20)13(7-11)22-17(25)8-16-18(26)23-14-6-10(19)2-5-15(14)27-16/h2-7,16H,8H2,1H3,(H,21,24)(H,22,25)(H,23,26). The molecule has 3 rings (SSSR count). The second kappa shape index (κ2) is 8.21. The van der Waals surface area contributed by atoms with Crippen molar-refractivity contribution in [1.82, 2.24) is 0 Å². The molecule has 0 saturated heterocycles. The lowest BCUT2D eigenvalue weighted by Crippen LogP contribution is -2.32. The van der Waals surface area contributed by atoms with Crippen molar-refractivity contribution in [3.63, 3.8) is 0 Å². The van der Waals surface area contributed by atoms with Crippen LogP contribution in [0.5, 0.6) is 0 Å². The number of amides is 3. The lowest BCUT2D eigenvalue weighted by atomic mass is 10.2. The number of carbonyl (C=O) groups excluding carboxylic acids is 3. The first-order valence-corrected chi connectivity index (χ1v) is 9.59. The van der Waals surface area contributed by atoms with E-state index in [2.05, 4.69) is 16.0 Å². The molecule has 0 fully saturated rings. The zero-order valence-corrected chi connectivity index (χ0v) is 16.5. The maximum atomic E-state index is 12.4. The topological polar surface area (TPSA) is 87.3 Å². The van der Waals surface area contributed by atoms with E-state index >= 15 is 0 Å². The summed E-state index contributed by atoms with van der Waals surface area (Å²) >= 11 is 13.3. The van der Waals surface area contributed by atoms with Gasteiger partial charge in [-0.25, -0.2) is 0 Å². The SMILES string of the molecule is CC(=O)Nc1ccc(Cl)c(NC(=O)CC2Sc3ccc(Cl)cc3NC2=O)c1. The fourth-order valence-electron chi connectivity index (χ4n) is 2.53. The molecule has 1 aliphatic rings. The Hall–Kier alpha value is -2.22. The van der Waals surface area contributed by atoms with E-state index in [0.717, 1.165) is 4.90 Å². The van der Waals surface area contributed by atoms with E-state index in [-0.39, 0.29) is 24.1 Å². The maximum absolute atomic E-state index is 12.4. The summed E-state index contributed by atoms with van der Waals surface area (Å²) in [5.74, 6) is -0.853. The Morgan fingerprint density at radius 1 is 1.15 bits per heavy atom. The van der Waals surface area contributed by atoms with Crippen molar-refractivity contribution in [3.8, 4) is 0 Å². The van der Waals surface area contributed by atoms with Gasteiger partial charge in [0.05, 0.1) is 21.6 Å². The minimum absolute atomic E-state index is 0.0285. The van der Waals surface area contributed by atoms with Crippen LogP contribution < -0.4 is 16.0 Å². The summed E-state index contributed by atoms with van der Waals surface area (Å²) in [4.78, 5) is 36.7. The summed E-state index contributed by atoms with van der Waals surface area (Å²) in [6.45, 7) is 1.39. The maximum Gasteiger partial charge on any atom is 0.238 e. The van der Waals surface area contributed by atoms with Gasteiger partial charge in [-0.2, -0.15) is 0 Å². The predicted molar refractivity (Wildman–Crippen MR) is 109 cm³/mol. The van der Waals surface area contributed by atoms with Crippen molar-refractivity contribution in [2.45, 2.75) is 23.5 Å². The highest BCUT2D eigenvalue weighted by atomic mass is 35.5. The molecular formula is C18H15Cl2N3O3S. The average molecular weight is 424 g/mol. The van der Waals surface area contributed by atoms with Gasteiger partial charge < -0.3 is 16.0 Å². The van der Waals surface area contributed by atoms with Crippen LogP contribution in [0.3, 0.4) is 0 Å². The molecule has 9 heteroatoms. The number of rotatable bonds is 4. The van der Waals surface area contributed by atoms with Crippen LogP contribution in [0.1, 0.15) is 13.3 Å². The third-order valence-corrected chi connectivity index (χ3v) is 5.53. The number of hydrogen-bond donors (Lipinski definition) is 3. The first kappa shape index (κ1) is 19.5. The molecule has 1 unspecified atom stereocenters. The van der Waals surface area contributed by atoms with Crippen molar-refractivity contribution < 1.29 is 14.4 Å². The minimum Gasteiger partial charge on any atom is -0.326 e. The van der Waals surface area contributed by atoms with Crippen molar-refractivity contribution >= 4 is 69.7 Å². The molecule has 0 aliphatic carbocycles. The van der Waals surface area contributed by atoms with Gasteiger partial charge in [-0.15, -0.1) is 11.8 Å². The predicted octanol–water partition coefficient (Wildman–Crippen LogP) is 4.39. The van der Waals surface area contributed by atoms with Crippen LogP contribution in [0.15, 0.2) is 41.3 Å². The molecule has 0 spiro atoms. The fraction of sp³-hybridized carbons (Fsp3) is 0.167.